The molecule has 1 aromatic rings. The van der Waals surface area contributed by atoms with Gasteiger partial charge in [-0.2, -0.15) is 0 Å². The third kappa shape index (κ3) is 5.19. The SMILES string of the molecule is CCOCC(NCc1ccc(Br)cc1[N+](=O)[O-])C(C)C. The average molecular weight is 345 g/mol. The van der Waals surface area contributed by atoms with Crippen LogP contribution >= 0.6 is 15.9 Å². The summed E-state index contributed by atoms with van der Waals surface area (Å²) in [5.74, 6) is 0.399. The molecule has 1 aromatic carbocycles. The van der Waals surface area contributed by atoms with Gasteiger partial charge in [-0.3, -0.25) is 10.1 Å². The lowest BCUT2D eigenvalue weighted by molar-refractivity contribution is -0.385. The molecule has 0 bridgehead atoms. The summed E-state index contributed by atoms with van der Waals surface area (Å²) < 4.78 is 6.15. The van der Waals surface area contributed by atoms with Crippen LogP contribution in [0, 0.1) is 16.0 Å². The summed E-state index contributed by atoms with van der Waals surface area (Å²) in [5, 5.41) is 14.4. The summed E-state index contributed by atoms with van der Waals surface area (Å²) in [6, 6.07) is 5.30. The molecule has 0 fully saturated rings. The fourth-order valence-corrected chi connectivity index (χ4v) is 2.18. The summed E-state index contributed by atoms with van der Waals surface area (Å²) in [7, 11) is 0. The first-order valence-corrected chi connectivity index (χ1v) is 7.49. The number of nitro groups is 1. The summed E-state index contributed by atoms with van der Waals surface area (Å²) in [6.45, 7) is 7.90. The third-order valence-electron chi connectivity index (χ3n) is 3.11. The van der Waals surface area contributed by atoms with Crippen LogP contribution in [0.3, 0.4) is 0 Å². The van der Waals surface area contributed by atoms with Crippen molar-refractivity contribution >= 4 is 21.6 Å². The Balaban J connectivity index is 2.74. The predicted molar refractivity (Wildman–Crippen MR) is 82.8 cm³/mol. The first kappa shape index (κ1) is 17.1. The highest BCUT2D eigenvalue weighted by atomic mass is 79.9. The Morgan fingerprint density at radius 3 is 2.70 bits per heavy atom. The second kappa shape index (κ2) is 8.34. The quantitative estimate of drug-likeness (QED) is 0.578. The summed E-state index contributed by atoms with van der Waals surface area (Å²) in [5.41, 5.74) is 0.811. The molecule has 1 N–H and O–H groups in total. The van der Waals surface area contributed by atoms with Crippen molar-refractivity contribution in [3.8, 4) is 0 Å². The number of nitro benzene ring substituents is 1. The van der Waals surface area contributed by atoms with Gasteiger partial charge >= 0.3 is 0 Å². The summed E-state index contributed by atoms with van der Waals surface area (Å²) in [6.07, 6.45) is 0. The van der Waals surface area contributed by atoms with Gasteiger partial charge in [0.1, 0.15) is 0 Å². The summed E-state index contributed by atoms with van der Waals surface area (Å²) >= 11 is 3.26. The van der Waals surface area contributed by atoms with Crippen molar-refractivity contribution < 1.29 is 9.66 Å². The zero-order valence-corrected chi connectivity index (χ0v) is 13.6. The van der Waals surface area contributed by atoms with E-state index in [1.165, 1.54) is 6.07 Å². The van der Waals surface area contributed by atoms with Crippen LogP contribution in [0.4, 0.5) is 5.69 Å². The minimum absolute atomic E-state index is 0.130. The van der Waals surface area contributed by atoms with E-state index < -0.39 is 0 Å². The van der Waals surface area contributed by atoms with Crippen LogP contribution in [-0.2, 0) is 11.3 Å². The third-order valence-corrected chi connectivity index (χ3v) is 3.60. The van der Waals surface area contributed by atoms with Crippen molar-refractivity contribution in [2.75, 3.05) is 13.2 Å². The largest absolute Gasteiger partial charge is 0.380 e. The van der Waals surface area contributed by atoms with E-state index in [-0.39, 0.29) is 16.7 Å². The zero-order chi connectivity index (χ0) is 15.1. The highest BCUT2D eigenvalue weighted by Gasteiger charge is 2.17. The van der Waals surface area contributed by atoms with Crippen LogP contribution < -0.4 is 5.32 Å². The Bertz CT molecular complexity index is 452. The minimum atomic E-state index is -0.352. The fourth-order valence-electron chi connectivity index (χ4n) is 1.83. The predicted octanol–water partition coefficient (Wildman–Crippen LogP) is 3.51. The lowest BCUT2D eigenvalue weighted by atomic mass is 10.0. The van der Waals surface area contributed by atoms with Gasteiger partial charge in [-0.15, -0.1) is 0 Å². The lowest BCUT2D eigenvalue weighted by Crippen LogP contribution is -2.37. The molecule has 0 aliphatic heterocycles. The molecule has 0 saturated heterocycles. The van der Waals surface area contributed by atoms with Gasteiger partial charge in [0, 0.05) is 35.3 Å². The first-order valence-electron chi connectivity index (χ1n) is 6.69. The normalized spacial score (nSPS) is 12.7. The molecule has 5 nitrogen and oxygen atoms in total. The maximum atomic E-state index is 11.1. The molecule has 6 heteroatoms. The van der Waals surface area contributed by atoms with Gasteiger partial charge in [-0.05, 0) is 25.0 Å². The van der Waals surface area contributed by atoms with Gasteiger partial charge in [0.15, 0.2) is 0 Å². The molecule has 0 aliphatic carbocycles. The molecule has 112 valence electrons. The number of ether oxygens (including phenoxy) is 1. The second-order valence-corrected chi connectivity index (χ2v) is 5.84. The molecule has 0 radical (unpaired) electrons. The van der Waals surface area contributed by atoms with E-state index in [4.69, 9.17) is 4.74 Å². The van der Waals surface area contributed by atoms with Crippen LogP contribution in [0.15, 0.2) is 22.7 Å². The number of benzene rings is 1. The van der Waals surface area contributed by atoms with E-state index in [1.54, 1.807) is 6.07 Å². The zero-order valence-electron chi connectivity index (χ0n) is 12.1. The molecule has 1 unspecified atom stereocenters. The molecule has 1 atom stereocenters. The van der Waals surface area contributed by atoms with Crippen molar-refractivity contribution in [3.63, 3.8) is 0 Å². The molecular formula is C14H21BrN2O3. The maximum absolute atomic E-state index is 11.1. The average Bonchev–Trinajstić information content (AvgIpc) is 2.39. The number of rotatable bonds is 8. The van der Waals surface area contributed by atoms with Crippen molar-refractivity contribution in [2.24, 2.45) is 5.92 Å². The van der Waals surface area contributed by atoms with Gasteiger partial charge in [0.05, 0.1) is 11.5 Å². The minimum Gasteiger partial charge on any atom is -0.380 e. The van der Waals surface area contributed by atoms with Gasteiger partial charge in [-0.1, -0.05) is 29.8 Å². The van der Waals surface area contributed by atoms with Gasteiger partial charge in [0.25, 0.3) is 5.69 Å². The lowest BCUT2D eigenvalue weighted by Gasteiger charge is -2.22. The molecule has 20 heavy (non-hydrogen) atoms. The second-order valence-electron chi connectivity index (χ2n) is 4.92. The standard InChI is InChI=1S/C14H21BrN2O3/c1-4-20-9-13(10(2)3)16-8-11-5-6-12(15)7-14(11)17(18)19/h5-7,10,13,16H,4,8-9H2,1-3H3. The number of hydrogen-bond acceptors (Lipinski definition) is 4. The van der Waals surface area contributed by atoms with Crippen molar-refractivity contribution in [3.05, 3.63) is 38.3 Å². The fraction of sp³-hybridized carbons (Fsp3) is 0.571. The van der Waals surface area contributed by atoms with Crippen LogP contribution in [0.2, 0.25) is 0 Å². The van der Waals surface area contributed by atoms with Crippen LogP contribution in [0.5, 0.6) is 0 Å². The van der Waals surface area contributed by atoms with E-state index in [9.17, 15) is 10.1 Å². The number of halogens is 1. The molecule has 0 aromatic heterocycles. The van der Waals surface area contributed by atoms with Crippen LogP contribution in [0.25, 0.3) is 0 Å². The van der Waals surface area contributed by atoms with E-state index >= 15 is 0 Å². The molecule has 0 heterocycles. The number of hydrogen-bond donors (Lipinski definition) is 1. The molecular weight excluding hydrogens is 324 g/mol. The monoisotopic (exact) mass is 344 g/mol. The molecule has 0 saturated carbocycles. The van der Waals surface area contributed by atoms with E-state index in [1.807, 2.05) is 13.0 Å². The van der Waals surface area contributed by atoms with Crippen LogP contribution in [-0.4, -0.2) is 24.2 Å². The van der Waals surface area contributed by atoms with Crippen molar-refractivity contribution in [1.29, 1.82) is 0 Å². The van der Waals surface area contributed by atoms with Gasteiger partial charge in [0.2, 0.25) is 0 Å². The molecule has 0 amide bonds. The Labute approximate surface area is 128 Å². The Morgan fingerprint density at radius 1 is 1.45 bits per heavy atom. The van der Waals surface area contributed by atoms with E-state index in [2.05, 4.69) is 35.1 Å². The topological polar surface area (TPSA) is 64.4 Å². The Hall–Kier alpha value is -0.980. The van der Waals surface area contributed by atoms with E-state index in [0.29, 0.717) is 35.7 Å². The summed E-state index contributed by atoms with van der Waals surface area (Å²) in [4.78, 5) is 10.7. The Kier molecular flexibility index (Phi) is 7.12. The maximum Gasteiger partial charge on any atom is 0.275 e. The Morgan fingerprint density at radius 2 is 2.15 bits per heavy atom. The number of nitrogens with one attached hydrogen (secondary N) is 1. The van der Waals surface area contributed by atoms with E-state index in [0.717, 1.165) is 0 Å². The first-order chi connectivity index (χ1) is 9.45. The van der Waals surface area contributed by atoms with Crippen molar-refractivity contribution in [1.82, 2.24) is 5.32 Å². The molecule has 0 aliphatic rings. The van der Waals surface area contributed by atoms with Crippen molar-refractivity contribution in [2.45, 2.75) is 33.4 Å². The van der Waals surface area contributed by atoms with Gasteiger partial charge in [-0.25, -0.2) is 0 Å². The van der Waals surface area contributed by atoms with Gasteiger partial charge < -0.3 is 10.1 Å². The highest BCUT2D eigenvalue weighted by Crippen LogP contribution is 2.23. The number of nitrogens with zero attached hydrogens (tertiary/aromatic N) is 1. The van der Waals surface area contributed by atoms with Crippen LogP contribution in [0.1, 0.15) is 26.3 Å². The highest BCUT2D eigenvalue weighted by molar-refractivity contribution is 9.10. The molecule has 1 rings (SSSR count). The molecule has 0 spiro atoms. The smallest absolute Gasteiger partial charge is 0.275 e.